The second kappa shape index (κ2) is 10.4. The molecule has 3 rings (SSSR count). The lowest BCUT2D eigenvalue weighted by atomic mass is 10.1. The zero-order valence-corrected chi connectivity index (χ0v) is 19.2. The highest BCUT2D eigenvalue weighted by atomic mass is 79.9. The Hall–Kier alpha value is -3.87. The second-order valence-corrected chi connectivity index (χ2v) is 8.10. The van der Waals surface area contributed by atoms with Crippen LogP contribution in [0, 0.1) is 36.5 Å². The molecule has 6 heteroatoms. The molecule has 3 aromatic rings. The van der Waals surface area contributed by atoms with E-state index in [1.165, 1.54) is 6.08 Å². The number of nitrogens with zero attached hydrogens (tertiary/aromatic N) is 2. The molecule has 0 atom stereocenters. The average Bonchev–Trinajstić information content (AvgIpc) is 2.78. The summed E-state index contributed by atoms with van der Waals surface area (Å²) < 4.78 is 6.72. The van der Waals surface area contributed by atoms with Crippen molar-refractivity contribution in [3.05, 3.63) is 98.5 Å². The van der Waals surface area contributed by atoms with Gasteiger partial charge in [0.1, 0.15) is 24.0 Å². The van der Waals surface area contributed by atoms with Crippen LogP contribution in [-0.4, -0.2) is 5.91 Å². The van der Waals surface area contributed by atoms with Gasteiger partial charge in [0.25, 0.3) is 5.91 Å². The van der Waals surface area contributed by atoms with Crippen LogP contribution in [0.15, 0.2) is 70.7 Å². The van der Waals surface area contributed by atoms with Crippen molar-refractivity contribution in [2.24, 2.45) is 0 Å². The van der Waals surface area contributed by atoms with Gasteiger partial charge in [-0.3, -0.25) is 4.79 Å². The number of hydrogen-bond donors (Lipinski definition) is 1. The van der Waals surface area contributed by atoms with Crippen LogP contribution in [0.5, 0.6) is 5.75 Å². The Labute approximate surface area is 195 Å². The van der Waals surface area contributed by atoms with E-state index in [9.17, 15) is 15.3 Å². The zero-order valence-electron chi connectivity index (χ0n) is 17.6. The van der Waals surface area contributed by atoms with Crippen LogP contribution in [0.25, 0.3) is 6.08 Å². The summed E-state index contributed by atoms with van der Waals surface area (Å²) in [6.45, 7) is 4.06. The lowest BCUT2D eigenvalue weighted by Gasteiger charge is -2.12. The summed E-state index contributed by atoms with van der Waals surface area (Å²) in [4.78, 5) is 12.8. The summed E-state index contributed by atoms with van der Waals surface area (Å²) in [6, 6.07) is 22.3. The first kappa shape index (κ1) is 22.8. The Morgan fingerprint density at radius 3 is 2.59 bits per heavy atom. The number of amides is 1. The van der Waals surface area contributed by atoms with Crippen LogP contribution >= 0.6 is 15.9 Å². The van der Waals surface area contributed by atoms with E-state index in [-0.39, 0.29) is 12.2 Å². The van der Waals surface area contributed by atoms with Crippen molar-refractivity contribution in [1.82, 2.24) is 0 Å². The summed E-state index contributed by atoms with van der Waals surface area (Å²) in [5.41, 5.74) is 4.46. The van der Waals surface area contributed by atoms with Crippen LogP contribution in [0.3, 0.4) is 0 Å². The first-order chi connectivity index (χ1) is 15.4. The van der Waals surface area contributed by atoms with Crippen molar-refractivity contribution in [1.29, 1.82) is 10.5 Å². The maximum Gasteiger partial charge on any atom is 0.266 e. The fourth-order valence-electron chi connectivity index (χ4n) is 3.12. The third-order valence-electron chi connectivity index (χ3n) is 4.79. The van der Waals surface area contributed by atoms with Crippen LogP contribution in [0.2, 0.25) is 0 Å². The number of carbonyl (C=O) groups is 1. The molecule has 0 aliphatic carbocycles. The monoisotopic (exact) mass is 485 g/mol. The van der Waals surface area contributed by atoms with Crippen LogP contribution in [-0.2, 0) is 11.4 Å². The summed E-state index contributed by atoms with van der Waals surface area (Å²) >= 11 is 3.42. The second-order valence-electron chi connectivity index (χ2n) is 7.18. The summed E-state index contributed by atoms with van der Waals surface area (Å²) in [7, 11) is 0. The van der Waals surface area contributed by atoms with Crippen molar-refractivity contribution in [3.8, 4) is 17.9 Å². The predicted octanol–water partition coefficient (Wildman–Crippen LogP) is 6.06. The molecule has 0 spiro atoms. The largest absolute Gasteiger partial charge is 0.488 e. The van der Waals surface area contributed by atoms with Crippen molar-refractivity contribution >= 4 is 33.6 Å². The van der Waals surface area contributed by atoms with E-state index in [1.807, 2.05) is 56.3 Å². The Morgan fingerprint density at radius 1 is 1.09 bits per heavy atom. The van der Waals surface area contributed by atoms with Gasteiger partial charge in [0, 0.05) is 21.3 Å². The maximum atomic E-state index is 12.8. The number of halogens is 1. The molecule has 0 unspecified atom stereocenters. The van der Waals surface area contributed by atoms with E-state index in [4.69, 9.17) is 4.74 Å². The minimum absolute atomic E-state index is 0.0506. The molecule has 3 aromatic carbocycles. The Balaban J connectivity index is 1.87. The molecular formula is C26H20BrN3O2. The third kappa shape index (κ3) is 5.63. The molecule has 1 amide bonds. The van der Waals surface area contributed by atoms with E-state index in [1.54, 1.807) is 24.3 Å². The Kier molecular flexibility index (Phi) is 7.44. The number of ether oxygens (including phenoxy) is 1. The van der Waals surface area contributed by atoms with Crippen LogP contribution in [0.4, 0.5) is 5.69 Å². The molecule has 0 radical (unpaired) electrons. The van der Waals surface area contributed by atoms with Crippen molar-refractivity contribution in [2.75, 3.05) is 5.32 Å². The molecule has 0 aromatic heterocycles. The van der Waals surface area contributed by atoms with Gasteiger partial charge in [0.2, 0.25) is 0 Å². The number of nitrogens with one attached hydrogen (secondary N) is 1. The molecule has 0 aliphatic rings. The van der Waals surface area contributed by atoms with E-state index < -0.39 is 5.91 Å². The lowest BCUT2D eigenvalue weighted by molar-refractivity contribution is -0.112. The number of benzene rings is 3. The minimum Gasteiger partial charge on any atom is -0.488 e. The first-order valence-corrected chi connectivity index (χ1v) is 10.6. The minimum atomic E-state index is -0.500. The highest BCUT2D eigenvalue weighted by Gasteiger charge is 2.13. The Bertz CT molecular complexity index is 1280. The van der Waals surface area contributed by atoms with E-state index in [2.05, 4.69) is 27.3 Å². The van der Waals surface area contributed by atoms with Crippen LogP contribution in [0.1, 0.15) is 27.8 Å². The highest BCUT2D eigenvalue weighted by molar-refractivity contribution is 9.10. The third-order valence-corrected chi connectivity index (χ3v) is 5.28. The van der Waals surface area contributed by atoms with Gasteiger partial charge in [-0.1, -0.05) is 51.8 Å². The topological polar surface area (TPSA) is 85.9 Å². The van der Waals surface area contributed by atoms with Gasteiger partial charge >= 0.3 is 0 Å². The molecular weight excluding hydrogens is 466 g/mol. The number of nitriles is 2. The SMILES string of the molecule is Cc1ccc(NC(=O)/C(C#N)=C/c2cc(Br)ccc2OCc2ccccc2C#N)c(C)c1. The number of hydrogen-bond acceptors (Lipinski definition) is 4. The fourth-order valence-corrected chi connectivity index (χ4v) is 3.50. The van der Waals surface area contributed by atoms with Gasteiger partial charge in [0.05, 0.1) is 11.6 Å². The standard InChI is InChI=1S/C26H20BrN3O2/c1-17-7-9-24(18(2)11-17)30-26(31)22(15-29)12-21-13-23(27)8-10-25(21)32-16-20-6-4-3-5-19(20)14-28/h3-13H,16H2,1-2H3,(H,30,31)/b22-12+. The molecule has 0 bridgehead atoms. The number of carbonyl (C=O) groups excluding carboxylic acids is 1. The Morgan fingerprint density at radius 2 is 1.88 bits per heavy atom. The zero-order chi connectivity index (χ0) is 23.1. The molecule has 1 N–H and O–H groups in total. The van der Waals surface area contributed by atoms with Gasteiger partial charge in [0.15, 0.2) is 0 Å². The quantitative estimate of drug-likeness (QED) is 0.339. The van der Waals surface area contributed by atoms with Crippen molar-refractivity contribution in [2.45, 2.75) is 20.5 Å². The predicted molar refractivity (Wildman–Crippen MR) is 128 cm³/mol. The van der Waals surface area contributed by atoms with E-state index in [0.717, 1.165) is 21.2 Å². The summed E-state index contributed by atoms with van der Waals surface area (Å²) in [5.74, 6) is -0.00628. The molecule has 0 fully saturated rings. The molecule has 0 heterocycles. The fraction of sp³-hybridized carbons (Fsp3) is 0.115. The van der Waals surface area contributed by atoms with Crippen molar-refractivity contribution in [3.63, 3.8) is 0 Å². The van der Waals surface area contributed by atoms with Gasteiger partial charge in [-0.2, -0.15) is 10.5 Å². The summed E-state index contributed by atoms with van der Waals surface area (Å²) in [6.07, 6.45) is 1.50. The van der Waals surface area contributed by atoms with E-state index in [0.29, 0.717) is 22.6 Å². The summed E-state index contributed by atoms with van der Waals surface area (Å²) in [5, 5.41) is 21.7. The average molecular weight is 486 g/mol. The number of anilines is 1. The van der Waals surface area contributed by atoms with Crippen molar-refractivity contribution < 1.29 is 9.53 Å². The maximum absolute atomic E-state index is 12.8. The first-order valence-electron chi connectivity index (χ1n) is 9.82. The highest BCUT2D eigenvalue weighted by Crippen LogP contribution is 2.27. The van der Waals surface area contributed by atoms with Gasteiger partial charge in [-0.25, -0.2) is 0 Å². The van der Waals surface area contributed by atoms with Crippen LogP contribution < -0.4 is 10.1 Å². The number of aryl methyl sites for hydroxylation is 2. The normalized spacial score (nSPS) is 10.7. The molecule has 158 valence electrons. The molecule has 5 nitrogen and oxygen atoms in total. The number of rotatable bonds is 6. The molecule has 0 aliphatic heterocycles. The molecule has 0 saturated carbocycles. The van der Waals surface area contributed by atoms with Gasteiger partial charge in [-0.15, -0.1) is 0 Å². The van der Waals surface area contributed by atoms with Gasteiger partial charge < -0.3 is 10.1 Å². The molecule has 32 heavy (non-hydrogen) atoms. The lowest BCUT2D eigenvalue weighted by Crippen LogP contribution is -2.14. The smallest absolute Gasteiger partial charge is 0.266 e. The van der Waals surface area contributed by atoms with E-state index >= 15 is 0 Å². The molecule has 0 saturated heterocycles. The van der Waals surface area contributed by atoms with Gasteiger partial charge in [-0.05, 0) is 55.8 Å².